The molecule has 1 aliphatic rings. The van der Waals surface area contributed by atoms with Crippen LogP contribution < -0.4 is 5.32 Å². The molecule has 166 valence electrons. The van der Waals surface area contributed by atoms with Crippen LogP contribution >= 0.6 is 11.3 Å². The molecule has 9 heteroatoms. The van der Waals surface area contributed by atoms with Gasteiger partial charge in [0.1, 0.15) is 9.71 Å². The molecule has 8 nitrogen and oxygen atoms in total. The van der Waals surface area contributed by atoms with Gasteiger partial charge in [0.05, 0.1) is 25.0 Å². The number of aromatic nitrogens is 3. The molecule has 0 saturated carbocycles. The number of fused-ring (bicyclic) bond motifs is 1. The highest BCUT2D eigenvalue weighted by atomic mass is 32.1. The molecular formula is C22H29N5O3S. The fraction of sp³-hybridized carbons (Fsp3) is 0.500. The summed E-state index contributed by atoms with van der Waals surface area (Å²) in [5.41, 5.74) is 4.43. The van der Waals surface area contributed by atoms with E-state index in [2.05, 4.69) is 41.1 Å². The number of amides is 1. The number of carbonyl (C=O) groups is 1. The highest BCUT2D eigenvalue weighted by Gasteiger charge is 2.30. The number of pyridine rings is 1. The first-order valence-corrected chi connectivity index (χ1v) is 11.5. The predicted molar refractivity (Wildman–Crippen MR) is 120 cm³/mol. The lowest BCUT2D eigenvalue weighted by Crippen LogP contribution is -2.38. The molecule has 4 rings (SSSR count). The molecular weight excluding hydrogens is 414 g/mol. The third-order valence-electron chi connectivity index (χ3n) is 5.79. The number of carbonyl (C=O) groups excluding carboxylic acids is 1. The van der Waals surface area contributed by atoms with Gasteiger partial charge in [-0.1, -0.05) is 6.07 Å². The minimum atomic E-state index is -0.219. The number of hydrogen-bond donors (Lipinski definition) is 2. The molecule has 1 unspecified atom stereocenters. The quantitative estimate of drug-likeness (QED) is 0.583. The number of rotatable bonds is 7. The Hall–Kier alpha value is -2.33. The molecule has 31 heavy (non-hydrogen) atoms. The van der Waals surface area contributed by atoms with Gasteiger partial charge < -0.3 is 15.2 Å². The Morgan fingerprint density at radius 2 is 2.26 bits per heavy atom. The molecule has 0 aromatic carbocycles. The zero-order chi connectivity index (χ0) is 22.0. The lowest BCUT2D eigenvalue weighted by molar-refractivity contribution is -0.0324. The van der Waals surface area contributed by atoms with Gasteiger partial charge in [-0.3, -0.25) is 14.4 Å². The maximum absolute atomic E-state index is 12.8. The predicted octanol–water partition coefficient (Wildman–Crippen LogP) is 2.43. The number of nitrogens with zero attached hydrogens (tertiary/aromatic N) is 4. The van der Waals surface area contributed by atoms with Crippen molar-refractivity contribution in [2.24, 2.45) is 0 Å². The normalized spacial score (nSPS) is 17.4. The van der Waals surface area contributed by atoms with Gasteiger partial charge in [-0.25, -0.2) is 4.98 Å². The number of aryl methyl sites for hydroxylation is 2. The van der Waals surface area contributed by atoms with Crippen LogP contribution in [0.15, 0.2) is 18.3 Å². The first-order chi connectivity index (χ1) is 15.0. The maximum Gasteiger partial charge on any atom is 0.261 e. The Bertz CT molecular complexity index is 1080. The van der Waals surface area contributed by atoms with Gasteiger partial charge in [-0.2, -0.15) is 5.10 Å². The smallest absolute Gasteiger partial charge is 0.261 e. The third kappa shape index (κ3) is 4.36. The van der Waals surface area contributed by atoms with Crippen LogP contribution in [0.25, 0.3) is 10.2 Å². The van der Waals surface area contributed by atoms with E-state index in [9.17, 15) is 4.79 Å². The summed E-state index contributed by atoms with van der Waals surface area (Å²) in [5, 5.41) is 17.5. The van der Waals surface area contributed by atoms with E-state index < -0.39 is 0 Å². The Labute approximate surface area is 185 Å². The van der Waals surface area contributed by atoms with Crippen molar-refractivity contribution in [2.45, 2.75) is 40.0 Å². The van der Waals surface area contributed by atoms with Crippen LogP contribution in [-0.2, 0) is 17.8 Å². The van der Waals surface area contributed by atoms with Crippen molar-refractivity contribution in [3.05, 3.63) is 45.7 Å². The monoisotopic (exact) mass is 443 g/mol. The van der Waals surface area contributed by atoms with Crippen LogP contribution in [-0.4, -0.2) is 63.5 Å². The van der Waals surface area contributed by atoms with Crippen molar-refractivity contribution in [3.8, 4) is 0 Å². The lowest BCUT2D eigenvalue weighted by Gasteiger charge is -2.33. The zero-order valence-corrected chi connectivity index (χ0v) is 19.0. The van der Waals surface area contributed by atoms with E-state index >= 15 is 0 Å². The number of aliphatic hydroxyl groups is 1. The van der Waals surface area contributed by atoms with Crippen molar-refractivity contribution >= 4 is 27.5 Å². The molecule has 1 saturated heterocycles. The Morgan fingerprint density at radius 1 is 1.42 bits per heavy atom. The first-order valence-electron chi connectivity index (χ1n) is 10.7. The second kappa shape index (κ2) is 9.44. The molecule has 0 aliphatic carbocycles. The second-order valence-corrected chi connectivity index (χ2v) is 8.74. The number of thiophene rings is 1. The van der Waals surface area contributed by atoms with Crippen LogP contribution in [0.2, 0.25) is 0 Å². The molecule has 0 radical (unpaired) electrons. The molecule has 4 heterocycles. The molecule has 3 aromatic heterocycles. The molecule has 0 bridgehead atoms. The highest BCUT2D eigenvalue weighted by molar-refractivity contribution is 7.20. The third-order valence-corrected chi connectivity index (χ3v) is 6.92. The zero-order valence-electron chi connectivity index (χ0n) is 18.2. The summed E-state index contributed by atoms with van der Waals surface area (Å²) in [6.07, 6.45) is 1.52. The highest BCUT2D eigenvalue weighted by Crippen LogP contribution is 2.37. The molecule has 0 spiro atoms. The molecule has 2 N–H and O–H groups in total. The van der Waals surface area contributed by atoms with Crippen molar-refractivity contribution in [2.75, 3.05) is 32.8 Å². The fourth-order valence-electron chi connectivity index (χ4n) is 4.20. The van der Waals surface area contributed by atoms with E-state index in [1.54, 1.807) is 6.20 Å². The number of hydrogen-bond acceptors (Lipinski definition) is 7. The fourth-order valence-corrected chi connectivity index (χ4v) is 5.32. The van der Waals surface area contributed by atoms with E-state index in [-0.39, 0.29) is 25.2 Å². The van der Waals surface area contributed by atoms with Crippen molar-refractivity contribution in [3.63, 3.8) is 0 Å². The standard InChI is InChI=1S/C22H29N5O3S/c1-4-27-15(3)17(14(2)25-27)12-26-9-11-30-18(13-26)19-16-6-5-7-24-22(16)31-20(19)21(29)23-8-10-28/h5-7,18,28H,4,8-13H2,1-3H3,(H,23,29). The average Bonchev–Trinajstić information content (AvgIpc) is 3.30. The van der Waals surface area contributed by atoms with Gasteiger partial charge in [0.25, 0.3) is 5.91 Å². The summed E-state index contributed by atoms with van der Waals surface area (Å²) >= 11 is 1.38. The summed E-state index contributed by atoms with van der Waals surface area (Å²) in [7, 11) is 0. The second-order valence-electron chi connectivity index (χ2n) is 7.74. The summed E-state index contributed by atoms with van der Waals surface area (Å²) in [6.45, 7) is 10.2. The number of nitrogens with one attached hydrogen (secondary N) is 1. The molecule has 1 amide bonds. The van der Waals surface area contributed by atoms with E-state index in [0.29, 0.717) is 18.0 Å². The van der Waals surface area contributed by atoms with Crippen molar-refractivity contribution < 1.29 is 14.6 Å². The van der Waals surface area contributed by atoms with E-state index in [0.717, 1.165) is 41.1 Å². The van der Waals surface area contributed by atoms with Crippen LogP contribution in [0.5, 0.6) is 0 Å². The van der Waals surface area contributed by atoms with Gasteiger partial charge in [-0.15, -0.1) is 11.3 Å². The van der Waals surface area contributed by atoms with Gasteiger partial charge in [-0.05, 0) is 26.8 Å². The van der Waals surface area contributed by atoms with Crippen LogP contribution in [0, 0.1) is 13.8 Å². The Balaban J connectivity index is 1.62. The number of aliphatic hydroxyl groups excluding tert-OH is 1. The van der Waals surface area contributed by atoms with Crippen LogP contribution in [0.1, 0.15) is 45.2 Å². The summed E-state index contributed by atoms with van der Waals surface area (Å²) in [5.74, 6) is -0.191. The first kappa shape index (κ1) is 21.9. The summed E-state index contributed by atoms with van der Waals surface area (Å²) < 4.78 is 8.21. The minimum absolute atomic E-state index is 0.0952. The Morgan fingerprint density at radius 3 is 3.00 bits per heavy atom. The lowest BCUT2D eigenvalue weighted by atomic mass is 10.0. The summed E-state index contributed by atoms with van der Waals surface area (Å²) in [6, 6.07) is 3.89. The van der Waals surface area contributed by atoms with E-state index in [4.69, 9.17) is 9.84 Å². The molecule has 1 fully saturated rings. The molecule has 3 aromatic rings. The minimum Gasteiger partial charge on any atom is -0.395 e. The van der Waals surface area contributed by atoms with E-state index in [1.165, 1.54) is 22.6 Å². The van der Waals surface area contributed by atoms with Crippen molar-refractivity contribution in [1.29, 1.82) is 0 Å². The van der Waals surface area contributed by atoms with Gasteiger partial charge in [0.15, 0.2) is 0 Å². The van der Waals surface area contributed by atoms with Gasteiger partial charge >= 0.3 is 0 Å². The van der Waals surface area contributed by atoms with Gasteiger partial charge in [0, 0.05) is 61.1 Å². The molecule has 1 aliphatic heterocycles. The average molecular weight is 444 g/mol. The Kier molecular flexibility index (Phi) is 6.66. The SMILES string of the molecule is CCn1nc(C)c(CN2CCOC(c3c(C(=O)NCCO)sc4ncccc34)C2)c1C. The number of morpholine rings is 1. The molecule has 1 atom stereocenters. The number of ether oxygens (including phenoxy) is 1. The van der Waals surface area contributed by atoms with E-state index in [1.807, 2.05) is 16.8 Å². The van der Waals surface area contributed by atoms with Gasteiger partial charge in [0.2, 0.25) is 0 Å². The largest absolute Gasteiger partial charge is 0.395 e. The van der Waals surface area contributed by atoms with Crippen LogP contribution in [0.3, 0.4) is 0 Å². The topological polar surface area (TPSA) is 92.5 Å². The van der Waals surface area contributed by atoms with Crippen molar-refractivity contribution in [1.82, 2.24) is 25.0 Å². The van der Waals surface area contributed by atoms with Crippen LogP contribution in [0.4, 0.5) is 0 Å². The maximum atomic E-state index is 12.8. The summed E-state index contributed by atoms with van der Waals surface area (Å²) in [4.78, 5) is 21.1.